The molecule has 0 spiro atoms. The van der Waals surface area contributed by atoms with E-state index >= 15 is 0 Å². The van der Waals surface area contributed by atoms with Crippen molar-refractivity contribution in [2.24, 2.45) is 0 Å². The molecule has 5 heteroatoms. The molecule has 0 saturated carbocycles. The van der Waals surface area contributed by atoms with Gasteiger partial charge < -0.3 is 4.57 Å². The van der Waals surface area contributed by atoms with Crippen LogP contribution in [-0.2, 0) is 11.9 Å². The zero-order chi connectivity index (χ0) is 13.1. The van der Waals surface area contributed by atoms with Crippen molar-refractivity contribution in [3.63, 3.8) is 0 Å². The van der Waals surface area contributed by atoms with Crippen LogP contribution in [0.4, 0.5) is 0 Å². The molecule has 2 rings (SSSR count). The fourth-order valence-corrected chi connectivity index (χ4v) is 2.54. The molecular weight excluding hydrogens is 314 g/mol. The summed E-state index contributed by atoms with van der Waals surface area (Å²) < 4.78 is 2.12. The lowest BCUT2D eigenvalue weighted by Gasteiger charge is -2.10. The molecule has 0 bridgehead atoms. The van der Waals surface area contributed by atoms with Crippen LogP contribution in [0.5, 0.6) is 0 Å². The minimum absolute atomic E-state index is 0.698. The van der Waals surface area contributed by atoms with Crippen LogP contribution in [0, 0.1) is 6.92 Å². The fourth-order valence-electron chi connectivity index (χ4n) is 1.91. The van der Waals surface area contributed by atoms with Gasteiger partial charge >= 0.3 is 0 Å². The molecule has 0 unspecified atom stereocenters. The van der Waals surface area contributed by atoms with Crippen molar-refractivity contribution in [3.05, 3.63) is 34.6 Å². The predicted molar refractivity (Wildman–Crippen MR) is 78.1 cm³/mol. The number of halogens is 2. The number of hydrogen-bond acceptors (Lipinski definition) is 2. The van der Waals surface area contributed by atoms with Gasteiger partial charge in [-0.15, -0.1) is 10.2 Å². The first-order valence-corrected chi connectivity index (χ1v) is 7.42. The maximum atomic E-state index is 6.36. The van der Waals surface area contributed by atoms with Gasteiger partial charge in [0.2, 0.25) is 0 Å². The molecule has 0 atom stereocenters. The van der Waals surface area contributed by atoms with Gasteiger partial charge in [-0.05, 0) is 25.0 Å². The fraction of sp³-hybridized carbons (Fsp3) is 0.385. The van der Waals surface area contributed by atoms with E-state index in [1.807, 2.05) is 25.1 Å². The van der Waals surface area contributed by atoms with Crippen molar-refractivity contribution >= 4 is 27.5 Å². The van der Waals surface area contributed by atoms with Crippen molar-refractivity contribution in [1.29, 1.82) is 0 Å². The van der Waals surface area contributed by atoms with Crippen LogP contribution in [-0.4, -0.2) is 14.8 Å². The lowest BCUT2D eigenvalue weighted by molar-refractivity contribution is 0.661. The molecule has 3 nitrogen and oxygen atoms in total. The lowest BCUT2D eigenvalue weighted by atomic mass is 10.1. The van der Waals surface area contributed by atoms with Crippen LogP contribution >= 0.6 is 27.5 Å². The van der Waals surface area contributed by atoms with Crippen molar-refractivity contribution in [2.45, 2.75) is 32.1 Å². The highest BCUT2D eigenvalue weighted by molar-refractivity contribution is 9.08. The second-order valence-electron chi connectivity index (χ2n) is 4.16. The van der Waals surface area contributed by atoms with Gasteiger partial charge in [-0.1, -0.05) is 46.6 Å². The number of benzene rings is 1. The Bertz CT molecular complexity index is 551. The Balaban J connectivity index is 2.56. The maximum Gasteiger partial charge on any atom is 0.165 e. The lowest BCUT2D eigenvalue weighted by Crippen LogP contribution is -2.04. The number of nitrogens with zero attached hydrogens (tertiary/aromatic N) is 3. The molecule has 0 aliphatic heterocycles. The number of rotatable bonds is 4. The largest absolute Gasteiger partial charge is 0.310 e. The zero-order valence-corrected chi connectivity index (χ0v) is 12.8. The molecule has 2 aromatic rings. The standard InChI is InChI=1S/C13H15BrClN3/c1-3-7-18-11(8-14)16-17-13(18)10-6-4-5-9(2)12(10)15/h4-6H,3,7-8H2,1-2H3. The van der Waals surface area contributed by atoms with E-state index in [1.165, 1.54) is 0 Å². The van der Waals surface area contributed by atoms with E-state index in [-0.39, 0.29) is 0 Å². The van der Waals surface area contributed by atoms with E-state index in [2.05, 4.69) is 37.6 Å². The van der Waals surface area contributed by atoms with Gasteiger partial charge in [-0.2, -0.15) is 0 Å². The van der Waals surface area contributed by atoms with Crippen molar-refractivity contribution in [1.82, 2.24) is 14.8 Å². The summed E-state index contributed by atoms with van der Waals surface area (Å²) in [4.78, 5) is 0. The molecule has 1 heterocycles. The summed E-state index contributed by atoms with van der Waals surface area (Å²) in [5, 5.41) is 9.94. The SMILES string of the molecule is CCCn1c(CBr)nnc1-c1cccc(C)c1Cl. The second kappa shape index (κ2) is 5.85. The number of aryl methyl sites for hydroxylation is 1. The van der Waals surface area contributed by atoms with E-state index in [9.17, 15) is 0 Å². The van der Waals surface area contributed by atoms with Gasteiger partial charge in [0.25, 0.3) is 0 Å². The molecule has 1 aromatic carbocycles. The first-order chi connectivity index (χ1) is 8.69. The molecule has 0 fully saturated rings. The molecule has 1 aromatic heterocycles. The highest BCUT2D eigenvalue weighted by Gasteiger charge is 2.15. The summed E-state index contributed by atoms with van der Waals surface area (Å²) in [6.07, 6.45) is 1.04. The molecule has 18 heavy (non-hydrogen) atoms. The molecular formula is C13H15BrClN3. The minimum Gasteiger partial charge on any atom is -0.310 e. The number of aromatic nitrogens is 3. The van der Waals surface area contributed by atoms with E-state index in [1.54, 1.807) is 0 Å². The highest BCUT2D eigenvalue weighted by Crippen LogP contribution is 2.30. The van der Waals surface area contributed by atoms with Crippen LogP contribution in [0.1, 0.15) is 24.7 Å². The summed E-state index contributed by atoms with van der Waals surface area (Å²) in [5.74, 6) is 1.78. The monoisotopic (exact) mass is 327 g/mol. The Morgan fingerprint density at radius 3 is 2.78 bits per heavy atom. The summed E-state index contributed by atoms with van der Waals surface area (Å²) in [6, 6.07) is 5.98. The Morgan fingerprint density at radius 2 is 2.11 bits per heavy atom. The van der Waals surface area contributed by atoms with Gasteiger partial charge in [0.05, 0.1) is 10.4 Å². The van der Waals surface area contributed by atoms with E-state index in [4.69, 9.17) is 11.6 Å². The van der Waals surface area contributed by atoms with Crippen LogP contribution in [0.2, 0.25) is 5.02 Å². The summed E-state index contributed by atoms with van der Waals surface area (Å²) in [5.41, 5.74) is 2.01. The Hall–Kier alpha value is -0.870. The maximum absolute atomic E-state index is 6.36. The Labute approximate surface area is 120 Å². The van der Waals surface area contributed by atoms with Gasteiger partial charge in [0.1, 0.15) is 5.82 Å². The summed E-state index contributed by atoms with van der Waals surface area (Å²) in [7, 11) is 0. The average Bonchev–Trinajstić information content (AvgIpc) is 2.76. The smallest absolute Gasteiger partial charge is 0.165 e. The molecule has 0 N–H and O–H groups in total. The van der Waals surface area contributed by atoms with Crippen molar-refractivity contribution in [3.8, 4) is 11.4 Å². The van der Waals surface area contributed by atoms with E-state index in [0.717, 1.165) is 40.8 Å². The number of alkyl halides is 1. The minimum atomic E-state index is 0.698. The Kier molecular flexibility index (Phi) is 4.40. The molecule has 0 aliphatic rings. The van der Waals surface area contributed by atoms with Gasteiger partial charge in [0, 0.05) is 12.1 Å². The molecule has 0 amide bonds. The highest BCUT2D eigenvalue weighted by atomic mass is 79.9. The van der Waals surface area contributed by atoms with Gasteiger partial charge in [-0.25, -0.2) is 0 Å². The van der Waals surface area contributed by atoms with Crippen LogP contribution in [0.3, 0.4) is 0 Å². The van der Waals surface area contributed by atoms with Crippen LogP contribution in [0.15, 0.2) is 18.2 Å². The first kappa shape index (κ1) is 13.6. The quantitative estimate of drug-likeness (QED) is 0.787. The molecule has 0 radical (unpaired) electrons. The molecule has 0 aliphatic carbocycles. The Morgan fingerprint density at radius 1 is 1.33 bits per heavy atom. The van der Waals surface area contributed by atoms with Crippen LogP contribution in [0.25, 0.3) is 11.4 Å². The normalized spacial score (nSPS) is 10.9. The number of hydrogen-bond donors (Lipinski definition) is 0. The van der Waals surface area contributed by atoms with Crippen molar-refractivity contribution in [2.75, 3.05) is 0 Å². The van der Waals surface area contributed by atoms with E-state index in [0.29, 0.717) is 5.33 Å². The average molecular weight is 329 g/mol. The van der Waals surface area contributed by atoms with Gasteiger partial charge in [0.15, 0.2) is 5.82 Å². The first-order valence-electron chi connectivity index (χ1n) is 5.92. The molecule has 96 valence electrons. The third-order valence-electron chi connectivity index (χ3n) is 2.83. The third-order valence-corrected chi connectivity index (χ3v) is 3.83. The molecule has 0 saturated heterocycles. The third kappa shape index (κ3) is 2.45. The predicted octanol–water partition coefficient (Wildman–Crippen LogP) is 4.21. The van der Waals surface area contributed by atoms with Crippen molar-refractivity contribution < 1.29 is 0 Å². The second-order valence-corrected chi connectivity index (χ2v) is 5.10. The summed E-state index contributed by atoms with van der Waals surface area (Å²) >= 11 is 9.80. The van der Waals surface area contributed by atoms with Crippen LogP contribution < -0.4 is 0 Å². The van der Waals surface area contributed by atoms with E-state index < -0.39 is 0 Å². The van der Waals surface area contributed by atoms with Gasteiger partial charge in [-0.3, -0.25) is 0 Å². The zero-order valence-electron chi connectivity index (χ0n) is 10.5. The topological polar surface area (TPSA) is 30.7 Å². The summed E-state index contributed by atoms with van der Waals surface area (Å²) in [6.45, 7) is 5.03.